The molecule has 1 aromatic carbocycles. The first-order valence-corrected chi connectivity index (χ1v) is 7.49. The summed E-state index contributed by atoms with van der Waals surface area (Å²) in [6, 6.07) is 9.53. The SMILES string of the molecule is CNC(CCc1cccnc1)Cc1cccc(F)c1Br. The van der Waals surface area contributed by atoms with Crippen molar-refractivity contribution >= 4 is 15.9 Å². The first-order valence-electron chi connectivity index (χ1n) is 6.69. The molecule has 0 amide bonds. The third kappa shape index (κ3) is 4.12. The number of aryl methyl sites for hydroxylation is 1. The van der Waals surface area contributed by atoms with Crippen LogP contribution in [0.15, 0.2) is 47.2 Å². The molecule has 0 saturated carbocycles. The van der Waals surface area contributed by atoms with Gasteiger partial charge < -0.3 is 5.32 Å². The molecule has 2 nitrogen and oxygen atoms in total. The molecule has 1 aromatic heterocycles. The highest BCUT2D eigenvalue weighted by Crippen LogP contribution is 2.22. The van der Waals surface area contributed by atoms with Crippen molar-refractivity contribution in [3.8, 4) is 0 Å². The van der Waals surface area contributed by atoms with Crippen LogP contribution in [0.25, 0.3) is 0 Å². The molecule has 0 aliphatic carbocycles. The third-order valence-electron chi connectivity index (χ3n) is 3.41. The Labute approximate surface area is 127 Å². The molecule has 0 aliphatic heterocycles. The number of rotatable bonds is 6. The predicted octanol–water partition coefficient (Wildman–Crippen LogP) is 3.75. The second-order valence-electron chi connectivity index (χ2n) is 4.80. The van der Waals surface area contributed by atoms with Gasteiger partial charge >= 0.3 is 0 Å². The van der Waals surface area contributed by atoms with E-state index < -0.39 is 0 Å². The van der Waals surface area contributed by atoms with Gasteiger partial charge in [0.25, 0.3) is 0 Å². The summed E-state index contributed by atoms with van der Waals surface area (Å²) in [5.41, 5.74) is 2.22. The molecule has 4 heteroatoms. The molecule has 106 valence electrons. The molecule has 0 saturated heterocycles. The first kappa shape index (κ1) is 15.1. The van der Waals surface area contributed by atoms with Crippen molar-refractivity contribution in [3.05, 3.63) is 64.1 Å². The molecule has 20 heavy (non-hydrogen) atoms. The van der Waals surface area contributed by atoms with Crippen LogP contribution in [-0.2, 0) is 12.8 Å². The fraction of sp³-hybridized carbons (Fsp3) is 0.312. The Balaban J connectivity index is 1.97. The molecule has 0 bridgehead atoms. The Morgan fingerprint density at radius 3 is 2.85 bits per heavy atom. The zero-order chi connectivity index (χ0) is 14.4. The van der Waals surface area contributed by atoms with Gasteiger partial charge in [-0.2, -0.15) is 0 Å². The van der Waals surface area contributed by atoms with E-state index in [1.54, 1.807) is 12.3 Å². The van der Waals surface area contributed by atoms with E-state index in [0.717, 1.165) is 24.8 Å². The van der Waals surface area contributed by atoms with Crippen LogP contribution in [0.5, 0.6) is 0 Å². The molecular weight excluding hydrogens is 319 g/mol. The Morgan fingerprint density at radius 1 is 1.30 bits per heavy atom. The molecule has 2 aromatic rings. The van der Waals surface area contributed by atoms with E-state index in [4.69, 9.17) is 0 Å². The fourth-order valence-electron chi connectivity index (χ4n) is 2.21. The highest BCUT2D eigenvalue weighted by molar-refractivity contribution is 9.10. The number of nitrogens with zero attached hydrogens (tertiary/aromatic N) is 1. The normalized spacial score (nSPS) is 12.3. The van der Waals surface area contributed by atoms with Crippen LogP contribution in [0.4, 0.5) is 4.39 Å². The maximum atomic E-state index is 13.5. The molecule has 1 atom stereocenters. The lowest BCUT2D eigenvalue weighted by molar-refractivity contribution is 0.516. The van der Waals surface area contributed by atoms with Crippen LogP contribution >= 0.6 is 15.9 Å². The third-order valence-corrected chi connectivity index (χ3v) is 4.30. The van der Waals surface area contributed by atoms with Crippen LogP contribution in [0.2, 0.25) is 0 Å². The number of benzene rings is 1. The number of nitrogens with one attached hydrogen (secondary N) is 1. The minimum Gasteiger partial charge on any atom is -0.317 e. The van der Waals surface area contributed by atoms with E-state index in [1.165, 1.54) is 11.6 Å². The van der Waals surface area contributed by atoms with Gasteiger partial charge in [-0.1, -0.05) is 18.2 Å². The molecule has 1 N–H and O–H groups in total. The molecule has 0 radical (unpaired) electrons. The predicted molar refractivity (Wildman–Crippen MR) is 83.2 cm³/mol. The van der Waals surface area contributed by atoms with Gasteiger partial charge in [0.15, 0.2) is 0 Å². The molecule has 1 heterocycles. The van der Waals surface area contributed by atoms with Crippen LogP contribution in [0, 0.1) is 5.82 Å². The summed E-state index contributed by atoms with van der Waals surface area (Å²) in [7, 11) is 1.95. The standard InChI is InChI=1S/C16H18BrFN2/c1-19-14(8-7-12-4-3-9-20-11-12)10-13-5-2-6-15(18)16(13)17/h2-6,9,11,14,19H,7-8,10H2,1H3. The summed E-state index contributed by atoms with van der Waals surface area (Å²) in [6.45, 7) is 0. The number of halogens is 2. The number of aromatic nitrogens is 1. The minimum atomic E-state index is -0.204. The summed E-state index contributed by atoms with van der Waals surface area (Å²) in [6.07, 6.45) is 6.43. The van der Waals surface area contributed by atoms with E-state index in [9.17, 15) is 4.39 Å². The molecule has 0 spiro atoms. The smallest absolute Gasteiger partial charge is 0.137 e. The highest BCUT2D eigenvalue weighted by Gasteiger charge is 2.12. The average molecular weight is 337 g/mol. The zero-order valence-electron chi connectivity index (χ0n) is 11.4. The van der Waals surface area contributed by atoms with Gasteiger partial charge in [0.05, 0.1) is 4.47 Å². The van der Waals surface area contributed by atoms with Crippen molar-refractivity contribution in [1.82, 2.24) is 10.3 Å². The molecular formula is C16H18BrFN2. The van der Waals surface area contributed by atoms with Gasteiger partial charge in [-0.3, -0.25) is 4.98 Å². The summed E-state index contributed by atoms with van der Waals surface area (Å²) in [5, 5.41) is 3.30. The van der Waals surface area contributed by atoms with Crippen molar-refractivity contribution in [2.45, 2.75) is 25.3 Å². The monoisotopic (exact) mass is 336 g/mol. The van der Waals surface area contributed by atoms with Gasteiger partial charge in [0.2, 0.25) is 0 Å². The van der Waals surface area contributed by atoms with Crippen molar-refractivity contribution in [2.24, 2.45) is 0 Å². The lowest BCUT2D eigenvalue weighted by atomic mass is 10.00. The Hall–Kier alpha value is -1.26. The van der Waals surface area contributed by atoms with Crippen molar-refractivity contribution < 1.29 is 4.39 Å². The van der Waals surface area contributed by atoms with Crippen molar-refractivity contribution in [1.29, 1.82) is 0 Å². The maximum absolute atomic E-state index is 13.5. The second kappa shape index (κ2) is 7.50. The van der Waals surface area contributed by atoms with Gasteiger partial charge in [0, 0.05) is 18.4 Å². The average Bonchev–Trinajstić information content (AvgIpc) is 2.49. The number of hydrogen-bond acceptors (Lipinski definition) is 2. The first-order chi connectivity index (χ1) is 9.70. The van der Waals surface area contributed by atoms with Gasteiger partial charge in [-0.15, -0.1) is 0 Å². The van der Waals surface area contributed by atoms with E-state index in [1.807, 2.05) is 25.4 Å². The topological polar surface area (TPSA) is 24.9 Å². The second-order valence-corrected chi connectivity index (χ2v) is 5.60. The van der Waals surface area contributed by atoms with Gasteiger partial charge in [-0.25, -0.2) is 4.39 Å². The van der Waals surface area contributed by atoms with Gasteiger partial charge in [-0.05, 0) is 65.5 Å². The van der Waals surface area contributed by atoms with Crippen LogP contribution in [0.1, 0.15) is 17.5 Å². The van der Waals surface area contributed by atoms with Crippen molar-refractivity contribution in [3.63, 3.8) is 0 Å². The van der Waals surface area contributed by atoms with Crippen molar-refractivity contribution in [2.75, 3.05) is 7.05 Å². The Kier molecular flexibility index (Phi) is 5.68. The van der Waals surface area contributed by atoms with E-state index >= 15 is 0 Å². The molecule has 1 unspecified atom stereocenters. The summed E-state index contributed by atoms with van der Waals surface area (Å²) >= 11 is 3.32. The van der Waals surface area contributed by atoms with Gasteiger partial charge in [0.1, 0.15) is 5.82 Å². The largest absolute Gasteiger partial charge is 0.317 e. The molecule has 0 fully saturated rings. The Bertz CT molecular complexity index is 545. The summed E-state index contributed by atoms with van der Waals surface area (Å²) < 4.78 is 14.1. The van der Waals surface area contributed by atoms with Crippen LogP contribution < -0.4 is 5.32 Å². The number of hydrogen-bond donors (Lipinski definition) is 1. The Morgan fingerprint density at radius 2 is 2.15 bits per heavy atom. The van der Waals surface area contributed by atoms with Crippen LogP contribution in [-0.4, -0.2) is 18.1 Å². The maximum Gasteiger partial charge on any atom is 0.137 e. The zero-order valence-corrected chi connectivity index (χ0v) is 13.0. The van der Waals surface area contributed by atoms with E-state index in [-0.39, 0.29) is 5.82 Å². The molecule has 2 rings (SSSR count). The lowest BCUT2D eigenvalue weighted by Crippen LogP contribution is -2.28. The fourth-order valence-corrected chi connectivity index (χ4v) is 2.63. The molecule has 0 aliphatic rings. The van der Waals surface area contributed by atoms with E-state index in [0.29, 0.717) is 10.5 Å². The minimum absolute atomic E-state index is 0.204. The summed E-state index contributed by atoms with van der Waals surface area (Å²) in [5.74, 6) is -0.204. The number of pyridine rings is 1. The van der Waals surface area contributed by atoms with Crippen LogP contribution in [0.3, 0.4) is 0 Å². The quantitative estimate of drug-likeness (QED) is 0.868. The highest BCUT2D eigenvalue weighted by atomic mass is 79.9. The summed E-state index contributed by atoms with van der Waals surface area (Å²) in [4.78, 5) is 4.12. The lowest BCUT2D eigenvalue weighted by Gasteiger charge is -2.17. The van der Waals surface area contributed by atoms with E-state index in [2.05, 4.69) is 32.3 Å². The number of likely N-dealkylation sites (N-methyl/N-ethyl adjacent to an activating group) is 1.